The molecule has 1 atom stereocenters. The molecular formula is C14H26N6O2. The number of nitrogens with zero attached hydrogens (tertiary/aromatic N) is 4. The summed E-state index contributed by atoms with van der Waals surface area (Å²) in [5.41, 5.74) is -0.408. The van der Waals surface area contributed by atoms with E-state index in [9.17, 15) is 9.90 Å². The van der Waals surface area contributed by atoms with E-state index in [2.05, 4.69) is 27.4 Å². The Balaban J connectivity index is 1.96. The third kappa shape index (κ3) is 3.32. The third-order valence-corrected chi connectivity index (χ3v) is 4.18. The van der Waals surface area contributed by atoms with E-state index in [1.54, 1.807) is 9.80 Å². The largest absolute Gasteiger partial charge is 0.394 e. The summed E-state index contributed by atoms with van der Waals surface area (Å²) in [5, 5.41) is 19.5. The van der Waals surface area contributed by atoms with Gasteiger partial charge in [0.05, 0.1) is 18.7 Å². The summed E-state index contributed by atoms with van der Waals surface area (Å²) in [6, 6.07) is -0.150. The summed E-state index contributed by atoms with van der Waals surface area (Å²) < 4.78 is 0. The van der Waals surface area contributed by atoms with Crippen molar-refractivity contribution in [1.82, 2.24) is 25.4 Å². The molecule has 0 aliphatic carbocycles. The van der Waals surface area contributed by atoms with Gasteiger partial charge in [0.1, 0.15) is 5.82 Å². The topological polar surface area (TPSA) is 97.4 Å². The zero-order valence-electron chi connectivity index (χ0n) is 13.6. The molecule has 1 unspecified atom stereocenters. The van der Waals surface area contributed by atoms with Crippen LogP contribution >= 0.6 is 0 Å². The van der Waals surface area contributed by atoms with Crippen LogP contribution in [0.5, 0.6) is 0 Å². The SMILES string of the molecule is CCCC1(CO)CCCN1C(=O)NCc1nc(N(C)C)n[nH]1. The fourth-order valence-corrected chi connectivity index (χ4v) is 3.04. The van der Waals surface area contributed by atoms with Crippen molar-refractivity contribution in [3.63, 3.8) is 0 Å². The van der Waals surface area contributed by atoms with Gasteiger partial charge in [-0.2, -0.15) is 4.98 Å². The van der Waals surface area contributed by atoms with Gasteiger partial charge in [0.2, 0.25) is 5.95 Å². The lowest BCUT2D eigenvalue weighted by Crippen LogP contribution is -2.53. The standard InChI is InChI=1S/C14H26N6O2/c1-4-6-14(10-21)7-5-8-20(14)13(22)15-9-11-16-12(18-17-11)19(2)3/h21H,4-10H2,1-3H3,(H,15,22)(H,16,17,18). The van der Waals surface area contributed by atoms with Gasteiger partial charge in [0.15, 0.2) is 0 Å². The molecule has 1 aliphatic heterocycles. The van der Waals surface area contributed by atoms with E-state index in [4.69, 9.17) is 0 Å². The summed E-state index contributed by atoms with van der Waals surface area (Å²) in [6.45, 7) is 3.07. The molecule has 22 heavy (non-hydrogen) atoms. The number of aromatic nitrogens is 3. The molecule has 2 amide bonds. The van der Waals surface area contributed by atoms with Crippen LogP contribution in [0, 0.1) is 0 Å². The predicted octanol–water partition coefficient (Wildman–Crippen LogP) is 0.707. The van der Waals surface area contributed by atoms with Crippen molar-refractivity contribution in [3.05, 3.63) is 5.82 Å². The van der Waals surface area contributed by atoms with E-state index in [0.29, 0.717) is 24.9 Å². The molecule has 8 nitrogen and oxygen atoms in total. The van der Waals surface area contributed by atoms with E-state index in [-0.39, 0.29) is 12.6 Å². The number of carbonyl (C=O) groups is 1. The molecule has 8 heteroatoms. The summed E-state index contributed by atoms with van der Waals surface area (Å²) in [7, 11) is 3.71. The maximum absolute atomic E-state index is 12.4. The number of amides is 2. The summed E-state index contributed by atoms with van der Waals surface area (Å²) in [4.78, 5) is 20.3. The Bertz CT molecular complexity index is 503. The van der Waals surface area contributed by atoms with Gasteiger partial charge < -0.3 is 20.2 Å². The Kier molecular flexibility index (Phi) is 5.23. The van der Waals surface area contributed by atoms with Gasteiger partial charge in [0.25, 0.3) is 0 Å². The fraction of sp³-hybridized carbons (Fsp3) is 0.786. The second-order valence-corrected chi connectivity index (χ2v) is 6.02. The fourth-order valence-electron chi connectivity index (χ4n) is 3.04. The summed E-state index contributed by atoms with van der Waals surface area (Å²) in [6.07, 6.45) is 3.56. The highest BCUT2D eigenvalue weighted by atomic mass is 16.3. The van der Waals surface area contributed by atoms with Crippen molar-refractivity contribution in [2.24, 2.45) is 0 Å². The van der Waals surface area contributed by atoms with Crippen LogP contribution in [0.1, 0.15) is 38.4 Å². The Morgan fingerprint density at radius 1 is 1.55 bits per heavy atom. The number of H-pyrrole nitrogens is 1. The van der Waals surface area contributed by atoms with Crippen molar-refractivity contribution < 1.29 is 9.90 Å². The molecule has 1 saturated heterocycles. The monoisotopic (exact) mass is 310 g/mol. The van der Waals surface area contributed by atoms with Crippen molar-refractivity contribution in [1.29, 1.82) is 0 Å². The molecule has 0 saturated carbocycles. The molecule has 1 aliphatic rings. The molecule has 1 fully saturated rings. The number of aliphatic hydroxyl groups excluding tert-OH is 1. The number of urea groups is 1. The molecule has 3 N–H and O–H groups in total. The lowest BCUT2D eigenvalue weighted by molar-refractivity contribution is 0.0765. The van der Waals surface area contributed by atoms with Gasteiger partial charge in [-0.3, -0.25) is 5.10 Å². The molecule has 0 spiro atoms. The number of aliphatic hydroxyl groups is 1. The number of carbonyl (C=O) groups excluding carboxylic acids is 1. The zero-order valence-corrected chi connectivity index (χ0v) is 13.6. The van der Waals surface area contributed by atoms with Crippen LogP contribution in [0.15, 0.2) is 0 Å². The Hall–Kier alpha value is -1.83. The van der Waals surface area contributed by atoms with Gasteiger partial charge in [-0.15, -0.1) is 5.10 Å². The number of aromatic amines is 1. The molecule has 124 valence electrons. The van der Waals surface area contributed by atoms with Crippen LogP contribution in [0.4, 0.5) is 10.7 Å². The summed E-state index contributed by atoms with van der Waals surface area (Å²) >= 11 is 0. The van der Waals surface area contributed by atoms with Crippen molar-refractivity contribution >= 4 is 12.0 Å². The molecule has 1 aromatic heterocycles. The second-order valence-electron chi connectivity index (χ2n) is 6.02. The first kappa shape index (κ1) is 16.5. The first-order chi connectivity index (χ1) is 10.5. The van der Waals surface area contributed by atoms with Crippen LogP contribution in [-0.2, 0) is 6.54 Å². The number of anilines is 1. The molecule has 2 heterocycles. The van der Waals surface area contributed by atoms with Crippen molar-refractivity contribution in [2.45, 2.75) is 44.7 Å². The van der Waals surface area contributed by atoms with E-state index in [1.165, 1.54) is 0 Å². The molecule has 0 bridgehead atoms. The quantitative estimate of drug-likeness (QED) is 0.719. The van der Waals surface area contributed by atoms with E-state index < -0.39 is 5.54 Å². The highest BCUT2D eigenvalue weighted by Crippen LogP contribution is 2.33. The van der Waals surface area contributed by atoms with Gasteiger partial charge in [-0.1, -0.05) is 13.3 Å². The van der Waals surface area contributed by atoms with Crippen molar-refractivity contribution in [3.8, 4) is 0 Å². The Morgan fingerprint density at radius 2 is 2.32 bits per heavy atom. The maximum Gasteiger partial charge on any atom is 0.318 e. The van der Waals surface area contributed by atoms with E-state index >= 15 is 0 Å². The van der Waals surface area contributed by atoms with Gasteiger partial charge in [-0.25, -0.2) is 4.79 Å². The number of hydrogen-bond donors (Lipinski definition) is 3. The number of hydrogen-bond acceptors (Lipinski definition) is 5. The number of nitrogens with one attached hydrogen (secondary N) is 2. The van der Waals surface area contributed by atoms with E-state index in [0.717, 1.165) is 25.7 Å². The van der Waals surface area contributed by atoms with Crippen molar-refractivity contribution in [2.75, 3.05) is 32.1 Å². The van der Waals surface area contributed by atoms with Crippen LogP contribution < -0.4 is 10.2 Å². The van der Waals surface area contributed by atoms with Crippen LogP contribution in [0.25, 0.3) is 0 Å². The lowest BCUT2D eigenvalue weighted by Gasteiger charge is -2.37. The average molecular weight is 310 g/mol. The predicted molar refractivity (Wildman–Crippen MR) is 83.6 cm³/mol. The summed E-state index contributed by atoms with van der Waals surface area (Å²) in [5.74, 6) is 1.20. The minimum absolute atomic E-state index is 0.0152. The second kappa shape index (κ2) is 6.95. The highest BCUT2D eigenvalue weighted by molar-refractivity contribution is 5.75. The molecule has 1 aromatic rings. The van der Waals surface area contributed by atoms with Crippen LogP contribution in [0.3, 0.4) is 0 Å². The van der Waals surface area contributed by atoms with Gasteiger partial charge >= 0.3 is 6.03 Å². The molecular weight excluding hydrogens is 284 g/mol. The number of rotatable bonds is 6. The average Bonchev–Trinajstić information content (AvgIpc) is 3.12. The smallest absolute Gasteiger partial charge is 0.318 e. The normalized spacial score (nSPS) is 21.2. The molecule has 0 radical (unpaired) electrons. The van der Waals surface area contributed by atoms with Gasteiger partial charge in [0, 0.05) is 20.6 Å². The maximum atomic E-state index is 12.4. The lowest BCUT2D eigenvalue weighted by atomic mass is 9.92. The molecule has 0 aromatic carbocycles. The third-order valence-electron chi connectivity index (χ3n) is 4.18. The van der Waals surface area contributed by atoms with Gasteiger partial charge in [-0.05, 0) is 19.3 Å². The molecule has 2 rings (SSSR count). The van der Waals surface area contributed by atoms with E-state index in [1.807, 2.05) is 14.1 Å². The highest BCUT2D eigenvalue weighted by Gasteiger charge is 2.42. The Labute approximate surface area is 130 Å². The zero-order chi connectivity index (χ0) is 16.2. The first-order valence-corrected chi connectivity index (χ1v) is 7.77. The first-order valence-electron chi connectivity index (χ1n) is 7.77. The number of likely N-dealkylation sites (tertiary alicyclic amines) is 1. The minimum atomic E-state index is -0.408. The van der Waals surface area contributed by atoms with Crippen LogP contribution in [0.2, 0.25) is 0 Å². The Morgan fingerprint density at radius 3 is 2.91 bits per heavy atom. The minimum Gasteiger partial charge on any atom is -0.394 e. The van der Waals surface area contributed by atoms with Crippen LogP contribution in [-0.4, -0.2) is 64.0 Å².